The van der Waals surface area contributed by atoms with E-state index in [1.807, 2.05) is 22.4 Å². The Balaban J connectivity index is 1.42. The number of hydrogen-bond acceptors (Lipinski definition) is 7. The fourth-order valence-electron chi connectivity index (χ4n) is 2.71. The van der Waals surface area contributed by atoms with Crippen LogP contribution >= 0.6 is 11.3 Å². The molecule has 128 valence electrons. The maximum absolute atomic E-state index is 12.0. The van der Waals surface area contributed by atoms with Gasteiger partial charge >= 0.3 is 0 Å². The van der Waals surface area contributed by atoms with Crippen LogP contribution in [-0.2, 0) is 11.3 Å². The van der Waals surface area contributed by atoms with Gasteiger partial charge in [0.1, 0.15) is 0 Å². The molecule has 3 rings (SSSR count). The third kappa shape index (κ3) is 4.73. The van der Waals surface area contributed by atoms with Crippen molar-refractivity contribution >= 4 is 23.2 Å². The smallest absolute Gasteiger partial charge is 0.234 e. The molecule has 0 aliphatic carbocycles. The lowest BCUT2D eigenvalue weighted by molar-refractivity contribution is -0.123. The normalized spacial score (nSPS) is 21.4. The second-order valence-corrected chi connectivity index (χ2v) is 6.80. The van der Waals surface area contributed by atoms with Crippen LogP contribution in [0.3, 0.4) is 0 Å². The zero-order chi connectivity index (χ0) is 16.8. The SMILES string of the molecule is O=C(CN1CC[C@@H](Nc2ncccn2)[C@H](O)C1)NCc1cccs1. The van der Waals surface area contributed by atoms with Crippen molar-refractivity contribution in [3.8, 4) is 0 Å². The number of amides is 1. The molecule has 0 aromatic carbocycles. The number of piperidine rings is 1. The molecule has 2 aromatic heterocycles. The highest BCUT2D eigenvalue weighted by Gasteiger charge is 2.28. The third-order valence-electron chi connectivity index (χ3n) is 3.95. The Morgan fingerprint density at radius 3 is 2.92 bits per heavy atom. The Morgan fingerprint density at radius 2 is 2.21 bits per heavy atom. The van der Waals surface area contributed by atoms with E-state index < -0.39 is 6.10 Å². The second-order valence-electron chi connectivity index (χ2n) is 5.77. The van der Waals surface area contributed by atoms with Crippen LogP contribution in [0.4, 0.5) is 5.95 Å². The summed E-state index contributed by atoms with van der Waals surface area (Å²) in [6.45, 7) is 2.06. The number of nitrogens with one attached hydrogen (secondary N) is 2. The van der Waals surface area contributed by atoms with Gasteiger partial charge in [0.05, 0.1) is 25.2 Å². The third-order valence-corrected chi connectivity index (χ3v) is 4.83. The summed E-state index contributed by atoms with van der Waals surface area (Å²) < 4.78 is 0. The maximum Gasteiger partial charge on any atom is 0.234 e. The van der Waals surface area contributed by atoms with Gasteiger partial charge in [-0.15, -0.1) is 11.3 Å². The predicted molar refractivity (Wildman–Crippen MR) is 92.7 cm³/mol. The first-order valence-corrected chi connectivity index (χ1v) is 8.82. The Kier molecular flexibility index (Phi) is 5.73. The summed E-state index contributed by atoms with van der Waals surface area (Å²) in [5.41, 5.74) is 0. The van der Waals surface area contributed by atoms with Crippen LogP contribution in [0, 0.1) is 0 Å². The Bertz CT molecular complexity index is 637. The van der Waals surface area contributed by atoms with E-state index in [1.165, 1.54) is 0 Å². The van der Waals surface area contributed by atoms with Gasteiger partial charge in [-0.05, 0) is 23.9 Å². The average molecular weight is 347 g/mol. The molecule has 3 heterocycles. The fourth-order valence-corrected chi connectivity index (χ4v) is 3.35. The van der Waals surface area contributed by atoms with Gasteiger partial charge in [0.25, 0.3) is 0 Å². The summed E-state index contributed by atoms with van der Waals surface area (Å²) in [6, 6.07) is 5.62. The predicted octanol–water partition coefficient (Wildman–Crippen LogP) is 0.702. The molecule has 0 unspecified atom stereocenters. The van der Waals surface area contributed by atoms with Gasteiger partial charge in [-0.2, -0.15) is 0 Å². The number of hydrogen-bond donors (Lipinski definition) is 3. The van der Waals surface area contributed by atoms with Crippen molar-refractivity contribution in [2.75, 3.05) is 25.0 Å². The number of β-amino-alcohol motifs (C(OH)–C–C–N with tert-alkyl or cyclic N) is 1. The van der Waals surface area contributed by atoms with Gasteiger partial charge < -0.3 is 15.7 Å². The second kappa shape index (κ2) is 8.18. The molecule has 1 aliphatic rings. The molecular formula is C16H21N5O2S. The average Bonchev–Trinajstić information content (AvgIpc) is 3.10. The highest BCUT2D eigenvalue weighted by molar-refractivity contribution is 7.09. The van der Waals surface area contributed by atoms with E-state index in [1.54, 1.807) is 29.8 Å². The number of thiophene rings is 1. The van der Waals surface area contributed by atoms with E-state index in [0.717, 1.165) is 17.8 Å². The van der Waals surface area contributed by atoms with Gasteiger partial charge in [-0.25, -0.2) is 9.97 Å². The van der Waals surface area contributed by atoms with Crippen LogP contribution in [0.1, 0.15) is 11.3 Å². The molecule has 2 atom stereocenters. The topological polar surface area (TPSA) is 90.4 Å². The summed E-state index contributed by atoms with van der Waals surface area (Å²) in [7, 11) is 0. The molecule has 2 aromatic rings. The first-order valence-electron chi connectivity index (χ1n) is 7.94. The largest absolute Gasteiger partial charge is 0.390 e. The van der Waals surface area contributed by atoms with Crippen LogP contribution < -0.4 is 10.6 Å². The van der Waals surface area contributed by atoms with Crippen LogP contribution in [-0.4, -0.2) is 57.7 Å². The first kappa shape index (κ1) is 16.8. The summed E-state index contributed by atoms with van der Waals surface area (Å²) in [5.74, 6) is 0.497. The van der Waals surface area contributed by atoms with Gasteiger partial charge in [0.15, 0.2) is 0 Å². The maximum atomic E-state index is 12.0. The van der Waals surface area contributed by atoms with Crippen LogP contribution in [0.15, 0.2) is 36.0 Å². The standard InChI is InChI=1S/C16H21N5O2S/c22-14-10-21(11-15(23)19-9-12-3-1-8-24-12)7-4-13(14)20-16-17-5-2-6-18-16/h1-3,5-6,8,13-14,22H,4,7,9-11H2,(H,19,23)(H,17,18,20)/t13-,14-/m1/s1. The molecule has 0 saturated carbocycles. The number of carbonyl (C=O) groups is 1. The monoisotopic (exact) mass is 347 g/mol. The molecule has 3 N–H and O–H groups in total. The molecule has 1 amide bonds. The lowest BCUT2D eigenvalue weighted by atomic mass is 10.0. The molecule has 7 nitrogen and oxygen atoms in total. The van der Waals surface area contributed by atoms with Crippen molar-refractivity contribution in [1.29, 1.82) is 0 Å². The number of aromatic nitrogens is 2. The molecular weight excluding hydrogens is 326 g/mol. The van der Waals surface area contributed by atoms with E-state index in [-0.39, 0.29) is 11.9 Å². The van der Waals surface area contributed by atoms with Gasteiger partial charge in [0, 0.05) is 30.4 Å². The molecule has 8 heteroatoms. The van der Waals surface area contributed by atoms with Gasteiger partial charge in [-0.3, -0.25) is 9.69 Å². The van der Waals surface area contributed by atoms with Crippen LogP contribution in [0.5, 0.6) is 0 Å². The molecule has 0 spiro atoms. The minimum atomic E-state index is -0.562. The minimum absolute atomic E-state index is 0.0200. The van der Waals surface area contributed by atoms with Crippen molar-refractivity contribution < 1.29 is 9.90 Å². The highest BCUT2D eigenvalue weighted by Crippen LogP contribution is 2.14. The lowest BCUT2D eigenvalue weighted by Gasteiger charge is -2.35. The van der Waals surface area contributed by atoms with Gasteiger partial charge in [0.2, 0.25) is 11.9 Å². The summed E-state index contributed by atoms with van der Waals surface area (Å²) in [5, 5.41) is 18.4. The van der Waals surface area contributed by atoms with Crippen molar-refractivity contribution in [2.24, 2.45) is 0 Å². The fraction of sp³-hybridized carbons (Fsp3) is 0.438. The molecule has 1 fully saturated rings. The molecule has 0 bridgehead atoms. The van der Waals surface area contributed by atoms with Crippen LogP contribution in [0.2, 0.25) is 0 Å². The molecule has 0 radical (unpaired) electrons. The zero-order valence-electron chi connectivity index (χ0n) is 13.3. The van der Waals surface area contributed by atoms with Crippen molar-refractivity contribution in [2.45, 2.75) is 25.1 Å². The zero-order valence-corrected chi connectivity index (χ0v) is 14.1. The number of rotatable bonds is 6. The number of aliphatic hydroxyl groups is 1. The van der Waals surface area contributed by atoms with Gasteiger partial charge in [-0.1, -0.05) is 6.07 Å². The number of nitrogens with zero attached hydrogens (tertiary/aromatic N) is 3. The van der Waals surface area contributed by atoms with Crippen molar-refractivity contribution in [1.82, 2.24) is 20.2 Å². The number of likely N-dealkylation sites (tertiary alicyclic amines) is 1. The van der Waals surface area contributed by atoms with Crippen molar-refractivity contribution in [3.05, 3.63) is 40.8 Å². The summed E-state index contributed by atoms with van der Waals surface area (Å²) >= 11 is 1.62. The van der Waals surface area contributed by atoms with Crippen LogP contribution in [0.25, 0.3) is 0 Å². The van der Waals surface area contributed by atoms with E-state index in [2.05, 4.69) is 20.6 Å². The Labute approximate surface area is 144 Å². The first-order chi connectivity index (χ1) is 11.7. The number of aliphatic hydroxyl groups excluding tert-OH is 1. The Morgan fingerprint density at radius 1 is 1.38 bits per heavy atom. The van der Waals surface area contributed by atoms with E-state index in [9.17, 15) is 9.90 Å². The summed E-state index contributed by atoms with van der Waals surface area (Å²) in [6.07, 6.45) is 3.49. The molecule has 24 heavy (non-hydrogen) atoms. The number of carbonyl (C=O) groups excluding carboxylic acids is 1. The van der Waals surface area contributed by atoms with E-state index in [4.69, 9.17) is 0 Å². The molecule has 1 saturated heterocycles. The van der Waals surface area contributed by atoms with Crippen molar-refractivity contribution in [3.63, 3.8) is 0 Å². The number of anilines is 1. The molecule has 1 aliphatic heterocycles. The minimum Gasteiger partial charge on any atom is -0.390 e. The Hall–Kier alpha value is -2.03. The quantitative estimate of drug-likeness (QED) is 0.713. The summed E-state index contributed by atoms with van der Waals surface area (Å²) in [4.78, 5) is 23.4. The highest BCUT2D eigenvalue weighted by atomic mass is 32.1. The van der Waals surface area contributed by atoms with E-state index in [0.29, 0.717) is 25.6 Å². The van der Waals surface area contributed by atoms with E-state index >= 15 is 0 Å². The lowest BCUT2D eigenvalue weighted by Crippen LogP contribution is -2.52.